The number of amides is 2. The van der Waals surface area contributed by atoms with Crippen molar-refractivity contribution in [3.8, 4) is 5.75 Å². The molecule has 0 aromatic heterocycles. The predicted molar refractivity (Wildman–Crippen MR) is 114 cm³/mol. The van der Waals surface area contributed by atoms with Gasteiger partial charge in [-0.25, -0.2) is 0 Å². The number of rotatable bonds is 7. The zero-order valence-corrected chi connectivity index (χ0v) is 17.6. The van der Waals surface area contributed by atoms with Crippen molar-refractivity contribution >= 4 is 40.8 Å². The molecular formula is C22H22ClNO3S. The summed E-state index contributed by atoms with van der Waals surface area (Å²) in [6, 6.07) is 14.5. The van der Waals surface area contributed by atoms with Crippen molar-refractivity contribution in [3.63, 3.8) is 0 Å². The van der Waals surface area contributed by atoms with Gasteiger partial charge < -0.3 is 4.74 Å². The van der Waals surface area contributed by atoms with Crippen molar-refractivity contribution in [2.24, 2.45) is 0 Å². The van der Waals surface area contributed by atoms with E-state index in [-0.39, 0.29) is 23.6 Å². The number of carbonyl (C=O) groups is 2. The SMILES string of the molecule is CCOc1ccc(C2=C(SC(C)C)C(=O)N(Cc3ccc(Cl)cc3)C2=O)cc1. The van der Waals surface area contributed by atoms with Crippen molar-refractivity contribution in [2.75, 3.05) is 6.61 Å². The van der Waals surface area contributed by atoms with E-state index in [1.54, 1.807) is 12.1 Å². The highest BCUT2D eigenvalue weighted by Gasteiger charge is 2.39. The molecule has 2 aromatic rings. The van der Waals surface area contributed by atoms with Gasteiger partial charge in [0.2, 0.25) is 0 Å². The fourth-order valence-electron chi connectivity index (χ4n) is 2.95. The summed E-state index contributed by atoms with van der Waals surface area (Å²) in [6.07, 6.45) is 0. The Hall–Kier alpha value is -2.24. The van der Waals surface area contributed by atoms with E-state index in [9.17, 15) is 9.59 Å². The van der Waals surface area contributed by atoms with Crippen LogP contribution in [0.3, 0.4) is 0 Å². The molecule has 1 aliphatic heterocycles. The first kappa shape index (κ1) is 20.5. The van der Waals surface area contributed by atoms with E-state index >= 15 is 0 Å². The number of imide groups is 1. The maximum absolute atomic E-state index is 13.2. The van der Waals surface area contributed by atoms with Crippen LogP contribution in [0.25, 0.3) is 5.57 Å². The Balaban J connectivity index is 1.94. The first-order valence-electron chi connectivity index (χ1n) is 9.15. The summed E-state index contributed by atoms with van der Waals surface area (Å²) >= 11 is 7.36. The van der Waals surface area contributed by atoms with Crippen LogP contribution < -0.4 is 4.74 Å². The molecule has 0 unspecified atom stereocenters. The monoisotopic (exact) mass is 415 g/mol. The third-order valence-corrected chi connectivity index (χ3v) is 5.52. The Kier molecular flexibility index (Phi) is 6.47. The third-order valence-electron chi connectivity index (χ3n) is 4.19. The number of thioether (sulfide) groups is 1. The fourth-order valence-corrected chi connectivity index (χ4v) is 4.09. The lowest BCUT2D eigenvalue weighted by Gasteiger charge is -2.15. The number of carbonyl (C=O) groups excluding carboxylic acids is 2. The van der Waals surface area contributed by atoms with Gasteiger partial charge in [-0.1, -0.05) is 49.7 Å². The standard InChI is InChI=1S/C22H22ClNO3S/c1-4-27-18-11-7-16(8-12-18)19-20(28-14(2)3)22(26)24(21(19)25)13-15-5-9-17(23)10-6-15/h5-12,14H,4,13H2,1-3H3. The highest BCUT2D eigenvalue weighted by atomic mass is 35.5. The number of halogens is 1. The molecular weight excluding hydrogens is 394 g/mol. The summed E-state index contributed by atoms with van der Waals surface area (Å²) in [4.78, 5) is 28.0. The average Bonchev–Trinajstić information content (AvgIpc) is 2.88. The van der Waals surface area contributed by atoms with Crippen LogP contribution in [0.5, 0.6) is 5.75 Å². The largest absolute Gasteiger partial charge is 0.494 e. The number of benzene rings is 2. The van der Waals surface area contributed by atoms with Crippen molar-refractivity contribution in [1.82, 2.24) is 4.90 Å². The summed E-state index contributed by atoms with van der Waals surface area (Å²) in [5.41, 5.74) is 2.04. The van der Waals surface area contributed by atoms with Gasteiger partial charge in [0.1, 0.15) is 5.75 Å². The summed E-state index contributed by atoms with van der Waals surface area (Å²) in [5, 5.41) is 0.798. The number of hydrogen-bond donors (Lipinski definition) is 0. The van der Waals surface area contributed by atoms with Gasteiger partial charge in [-0.05, 0) is 42.3 Å². The molecule has 2 aromatic carbocycles. The number of ether oxygens (including phenoxy) is 1. The predicted octanol–water partition coefficient (Wildman–Crippen LogP) is 5.16. The van der Waals surface area contributed by atoms with Gasteiger partial charge in [0.15, 0.2) is 0 Å². The van der Waals surface area contributed by atoms with Crippen molar-refractivity contribution in [3.05, 3.63) is 69.6 Å². The Morgan fingerprint density at radius 1 is 1.00 bits per heavy atom. The highest BCUT2D eigenvalue weighted by molar-refractivity contribution is 8.04. The van der Waals surface area contributed by atoms with Gasteiger partial charge in [0, 0.05) is 10.3 Å². The van der Waals surface area contributed by atoms with Crippen LogP contribution in [-0.4, -0.2) is 28.6 Å². The molecule has 0 N–H and O–H groups in total. The van der Waals surface area contributed by atoms with Gasteiger partial charge in [-0.2, -0.15) is 0 Å². The minimum Gasteiger partial charge on any atom is -0.494 e. The molecule has 0 bridgehead atoms. The lowest BCUT2D eigenvalue weighted by molar-refractivity contribution is -0.137. The van der Waals surface area contributed by atoms with Crippen molar-refractivity contribution in [1.29, 1.82) is 0 Å². The minimum atomic E-state index is -0.271. The van der Waals surface area contributed by atoms with Gasteiger partial charge in [0.05, 0.1) is 23.6 Å². The molecule has 1 aliphatic rings. The lowest BCUT2D eigenvalue weighted by Crippen LogP contribution is -2.31. The molecule has 0 aliphatic carbocycles. The van der Waals surface area contributed by atoms with Gasteiger partial charge in [-0.3, -0.25) is 14.5 Å². The van der Waals surface area contributed by atoms with E-state index in [4.69, 9.17) is 16.3 Å². The third kappa shape index (κ3) is 4.42. The Morgan fingerprint density at radius 3 is 2.21 bits per heavy atom. The zero-order valence-electron chi connectivity index (χ0n) is 16.1. The zero-order chi connectivity index (χ0) is 20.3. The van der Waals surface area contributed by atoms with E-state index in [0.717, 1.165) is 16.9 Å². The molecule has 4 nitrogen and oxygen atoms in total. The lowest BCUT2D eigenvalue weighted by atomic mass is 10.1. The molecule has 0 radical (unpaired) electrons. The Bertz CT molecular complexity index is 904. The first-order chi connectivity index (χ1) is 13.4. The topological polar surface area (TPSA) is 46.6 Å². The minimum absolute atomic E-state index is 0.180. The van der Waals surface area contributed by atoms with Crippen LogP contribution in [0.1, 0.15) is 31.9 Å². The normalized spacial score (nSPS) is 14.4. The second kappa shape index (κ2) is 8.84. The molecule has 0 spiro atoms. The maximum atomic E-state index is 13.2. The van der Waals surface area contributed by atoms with Crippen LogP contribution in [0.2, 0.25) is 5.02 Å². The number of hydrogen-bond acceptors (Lipinski definition) is 4. The molecule has 0 fully saturated rings. The number of nitrogens with zero attached hydrogens (tertiary/aromatic N) is 1. The van der Waals surface area contributed by atoms with E-state index in [1.165, 1.54) is 16.7 Å². The van der Waals surface area contributed by atoms with E-state index in [1.807, 2.05) is 57.2 Å². The molecule has 28 heavy (non-hydrogen) atoms. The molecule has 6 heteroatoms. The molecule has 1 heterocycles. The van der Waals surface area contributed by atoms with Crippen LogP contribution in [0.4, 0.5) is 0 Å². The van der Waals surface area contributed by atoms with Gasteiger partial charge >= 0.3 is 0 Å². The van der Waals surface area contributed by atoms with Crippen molar-refractivity contribution in [2.45, 2.75) is 32.6 Å². The van der Waals surface area contributed by atoms with E-state index in [0.29, 0.717) is 22.1 Å². The van der Waals surface area contributed by atoms with Gasteiger partial charge in [-0.15, -0.1) is 11.8 Å². The van der Waals surface area contributed by atoms with E-state index < -0.39 is 0 Å². The molecule has 3 rings (SSSR count). The average molecular weight is 416 g/mol. The summed E-state index contributed by atoms with van der Waals surface area (Å²) in [5.74, 6) is 0.217. The van der Waals surface area contributed by atoms with Crippen LogP contribution >= 0.6 is 23.4 Å². The summed E-state index contributed by atoms with van der Waals surface area (Å²) < 4.78 is 5.48. The molecule has 0 atom stereocenters. The van der Waals surface area contributed by atoms with Crippen LogP contribution in [0.15, 0.2) is 53.4 Å². The second-order valence-corrected chi connectivity index (χ2v) is 8.67. The van der Waals surface area contributed by atoms with Crippen LogP contribution in [-0.2, 0) is 16.1 Å². The molecule has 146 valence electrons. The first-order valence-corrected chi connectivity index (χ1v) is 10.4. The molecule has 0 saturated carbocycles. The molecule has 0 saturated heterocycles. The van der Waals surface area contributed by atoms with Crippen molar-refractivity contribution < 1.29 is 14.3 Å². The maximum Gasteiger partial charge on any atom is 0.268 e. The summed E-state index contributed by atoms with van der Waals surface area (Å²) in [6.45, 7) is 6.72. The summed E-state index contributed by atoms with van der Waals surface area (Å²) in [7, 11) is 0. The fraction of sp³-hybridized carbons (Fsp3) is 0.273. The highest BCUT2D eigenvalue weighted by Crippen LogP contribution is 2.38. The Labute approximate surface area is 174 Å². The smallest absolute Gasteiger partial charge is 0.268 e. The quantitative estimate of drug-likeness (QED) is 0.586. The van der Waals surface area contributed by atoms with Gasteiger partial charge in [0.25, 0.3) is 11.8 Å². The van der Waals surface area contributed by atoms with Crippen LogP contribution in [0, 0.1) is 0 Å². The Morgan fingerprint density at radius 2 is 1.64 bits per heavy atom. The van der Waals surface area contributed by atoms with E-state index in [2.05, 4.69) is 0 Å². The second-order valence-electron chi connectivity index (χ2n) is 6.65. The molecule has 2 amide bonds.